The van der Waals surface area contributed by atoms with E-state index >= 15 is 0 Å². The lowest BCUT2D eigenvalue weighted by Crippen LogP contribution is -2.46. The maximum Gasteiger partial charge on any atom is 0.118 e. The van der Waals surface area contributed by atoms with Gasteiger partial charge in [-0.15, -0.1) is 0 Å². The lowest BCUT2D eigenvalue weighted by molar-refractivity contribution is -0.170. The van der Waals surface area contributed by atoms with E-state index in [9.17, 15) is 10.2 Å². The van der Waals surface area contributed by atoms with Crippen LogP contribution in [0.4, 0.5) is 0 Å². The molecule has 188 valence electrons. The first-order valence-corrected chi connectivity index (χ1v) is 11.5. The molecule has 0 bridgehead atoms. The first-order chi connectivity index (χ1) is 17.2. The van der Waals surface area contributed by atoms with Crippen LogP contribution in [-0.4, -0.2) is 56.0 Å². The fourth-order valence-electron chi connectivity index (χ4n) is 3.57. The van der Waals surface area contributed by atoms with Crippen LogP contribution in [-0.2, 0) is 34.0 Å². The Balaban J connectivity index is 1.71. The zero-order valence-corrected chi connectivity index (χ0v) is 20.2. The SMILES string of the molecule is COc1ccc(CO[C@H]([C@H](CO)OCc2ccccc2)[C@@H](CO)OCc2ccc(OC)cc2)cc1. The smallest absolute Gasteiger partial charge is 0.118 e. The molecule has 0 spiro atoms. The van der Waals surface area contributed by atoms with Crippen LogP contribution in [0, 0.1) is 0 Å². The van der Waals surface area contributed by atoms with Gasteiger partial charge < -0.3 is 33.9 Å². The molecule has 0 aliphatic rings. The molecule has 7 nitrogen and oxygen atoms in total. The summed E-state index contributed by atoms with van der Waals surface area (Å²) in [4.78, 5) is 0. The molecule has 0 saturated carbocycles. The van der Waals surface area contributed by atoms with Crippen molar-refractivity contribution in [3.8, 4) is 11.5 Å². The molecule has 7 heteroatoms. The summed E-state index contributed by atoms with van der Waals surface area (Å²) >= 11 is 0. The molecule has 0 aliphatic carbocycles. The molecule has 0 aromatic heterocycles. The molecule has 3 aromatic carbocycles. The Morgan fingerprint density at radius 1 is 0.543 bits per heavy atom. The van der Waals surface area contributed by atoms with Crippen LogP contribution >= 0.6 is 0 Å². The second-order valence-electron chi connectivity index (χ2n) is 8.02. The molecule has 3 rings (SSSR count). The van der Waals surface area contributed by atoms with Crippen molar-refractivity contribution in [1.82, 2.24) is 0 Å². The van der Waals surface area contributed by atoms with Crippen LogP contribution in [0.15, 0.2) is 78.9 Å². The summed E-state index contributed by atoms with van der Waals surface area (Å²) < 4.78 is 28.7. The van der Waals surface area contributed by atoms with Gasteiger partial charge in [-0.05, 0) is 41.0 Å². The summed E-state index contributed by atoms with van der Waals surface area (Å²) in [6.45, 7) is 0.221. The van der Waals surface area contributed by atoms with Crippen LogP contribution < -0.4 is 9.47 Å². The maximum absolute atomic E-state index is 10.2. The van der Waals surface area contributed by atoms with E-state index in [4.69, 9.17) is 23.7 Å². The number of hydrogen-bond donors (Lipinski definition) is 2. The van der Waals surface area contributed by atoms with Gasteiger partial charge in [-0.2, -0.15) is 0 Å². The van der Waals surface area contributed by atoms with Gasteiger partial charge in [0.2, 0.25) is 0 Å². The van der Waals surface area contributed by atoms with Crippen LogP contribution in [0.5, 0.6) is 11.5 Å². The Hall–Kier alpha value is -2.94. The minimum Gasteiger partial charge on any atom is -0.497 e. The summed E-state index contributed by atoms with van der Waals surface area (Å²) in [7, 11) is 3.23. The summed E-state index contributed by atoms with van der Waals surface area (Å²) in [6, 6.07) is 24.7. The molecule has 0 unspecified atom stereocenters. The lowest BCUT2D eigenvalue weighted by atomic mass is 10.1. The van der Waals surface area contributed by atoms with E-state index in [1.54, 1.807) is 14.2 Å². The highest BCUT2D eigenvalue weighted by molar-refractivity contribution is 5.27. The first kappa shape index (κ1) is 26.7. The van der Waals surface area contributed by atoms with Crippen LogP contribution in [0.25, 0.3) is 0 Å². The third-order valence-electron chi connectivity index (χ3n) is 5.62. The standard InChI is InChI=1S/C28H34O7/c1-31-24-12-8-22(9-13-24)19-34-27(17-30)28(35-20-23-10-14-25(32-2)15-11-23)26(16-29)33-18-21-6-4-3-5-7-21/h3-15,26-30H,16-20H2,1-2H3/t26-,27+,28+/m0/s1. The second kappa shape index (κ2) is 14.5. The molecule has 0 heterocycles. The van der Waals surface area contributed by atoms with Gasteiger partial charge >= 0.3 is 0 Å². The molecule has 35 heavy (non-hydrogen) atoms. The average Bonchev–Trinajstić information content (AvgIpc) is 2.92. The van der Waals surface area contributed by atoms with Crippen molar-refractivity contribution in [2.24, 2.45) is 0 Å². The number of hydrogen-bond acceptors (Lipinski definition) is 7. The van der Waals surface area contributed by atoms with Gasteiger partial charge in [-0.3, -0.25) is 0 Å². The minimum absolute atomic E-state index is 0.252. The number of rotatable bonds is 15. The zero-order valence-electron chi connectivity index (χ0n) is 20.2. The molecule has 3 aromatic rings. The van der Waals surface area contributed by atoms with Gasteiger partial charge in [0.15, 0.2) is 0 Å². The van der Waals surface area contributed by atoms with Crippen LogP contribution in [0.2, 0.25) is 0 Å². The van der Waals surface area contributed by atoms with Gasteiger partial charge in [0.1, 0.15) is 29.8 Å². The average molecular weight is 483 g/mol. The van der Waals surface area contributed by atoms with E-state index in [1.807, 2.05) is 78.9 Å². The Bertz CT molecular complexity index is 961. The molecular formula is C28H34O7. The molecule has 0 fully saturated rings. The predicted octanol–water partition coefficient (Wildman–Crippen LogP) is 3.74. The number of aliphatic hydroxyl groups excluding tert-OH is 2. The lowest BCUT2D eigenvalue weighted by Gasteiger charge is -2.32. The van der Waals surface area contributed by atoms with Crippen molar-refractivity contribution in [2.75, 3.05) is 27.4 Å². The fourth-order valence-corrected chi connectivity index (χ4v) is 3.57. The first-order valence-electron chi connectivity index (χ1n) is 11.5. The molecule has 0 radical (unpaired) electrons. The minimum atomic E-state index is -0.719. The highest BCUT2D eigenvalue weighted by Crippen LogP contribution is 2.20. The van der Waals surface area contributed by atoms with E-state index in [-0.39, 0.29) is 26.4 Å². The maximum atomic E-state index is 10.2. The predicted molar refractivity (Wildman–Crippen MR) is 132 cm³/mol. The Kier molecular flexibility index (Phi) is 11.0. The Labute approximate surface area is 206 Å². The van der Waals surface area contributed by atoms with E-state index in [0.717, 1.165) is 28.2 Å². The normalized spacial score (nSPS) is 13.7. The Morgan fingerprint density at radius 3 is 1.34 bits per heavy atom. The van der Waals surface area contributed by atoms with E-state index in [0.29, 0.717) is 6.61 Å². The fraction of sp³-hybridized carbons (Fsp3) is 0.357. The van der Waals surface area contributed by atoms with Crippen molar-refractivity contribution in [1.29, 1.82) is 0 Å². The third kappa shape index (κ3) is 8.35. The summed E-state index contributed by atoms with van der Waals surface area (Å²) in [6.07, 6.45) is -2.14. The van der Waals surface area contributed by atoms with Crippen molar-refractivity contribution in [2.45, 2.75) is 38.1 Å². The van der Waals surface area contributed by atoms with Crippen molar-refractivity contribution in [3.05, 3.63) is 95.6 Å². The number of methoxy groups -OCH3 is 2. The molecule has 3 atom stereocenters. The van der Waals surface area contributed by atoms with Gasteiger partial charge in [0.25, 0.3) is 0 Å². The van der Waals surface area contributed by atoms with Gasteiger partial charge in [0, 0.05) is 0 Å². The number of aliphatic hydroxyl groups is 2. The van der Waals surface area contributed by atoms with Gasteiger partial charge in [-0.1, -0.05) is 54.6 Å². The highest BCUT2D eigenvalue weighted by atomic mass is 16.6. The number of ether oxygens (including phenoxy) is 5. The quantitative estimate of drug-likeness (QED) is 0.341. The molecular weight excluding hydrogens is 448 g/mol. The molecule has 0 saturated heterocycles. The number of benzene rings is 3. The molecule has 0 amide bonds. The third-order valence-corrected chi connectivity index (χ3v) is 5.62. The topological polar surface area (TPSA) is 86.6 Å². The molecule has 0 aliphatic heterocycles. The van der Waals surface area contributed by atoms with Gasteiger partial charge in [0.05, 0.1) is 47.3 Å². The van der Waals surface area contributed by atoms with Crippen molar-refractivity contribution >= 4 is 0 Å². The Morgan fingerprint density at radius 2 is 0.943 bits per heavy atom. The van der Waals surface area contributed by atoms with E-state index in [1.165, 1.54) is 0 Å². The largest absolute Gasteiger partial charge is 0.497 e. The molecule has 2 N–H and O–H groups in total. The summed E-state index contributed by atoms with van der Waals surface area (Å²) in [5, 5.41) is 20.3. The van der Waals surface area contributed by atoms with Crippen LogP contribution in [0.3, 0.4) is 0 Å². The van der Waals surface area contributed by atoms with Crippen molar-refractivity contribution in [3.63, 3.8) is 0 Å². The monoisotopic (exact) mass is 482 g/mol. The summed E-state index contributed by atoms with van der Waals surface area (Å²) in [5.74, 6) is 1.50. The summed E-state index contributed by atoms with van der Waals surface area (Å²) in [5.41, 5.74) is 2.81. The highest BCUT2D eigenvalue weighted by Gasteiger charge is 2.32. The zero-order chi connectivity index (χ0) is 24.9. The van der Waals surface area contributed by atoms with Crippen LogP contribution in [0.1, 0.15) is 16.7 Å². The second-order valence-corrected chi connectivity index (χ2v) is 8.02. The van der Waals surface area contributed by atoms with E-state index in [2.05, 4.69) is 0 Å². The van der Waals surface area contributed by atoms with E-state index < -0.39 is 18.3 Å². The van der Waals surface area contributed by atoms with Gasteiger partial charge in [-0.25, -0.2) is 0 Å². The van der Waals surface area contributed by atoms with Crippen molar-refractivity contribution < 1.29 is 33.9 Å².